The molecule has 0 radical (unpaired) electrons. The molecule has 1 fully saturated rings. The van der Waals surface area contributed by atoms with E-state index in [1.165, 1.54) is 31.7 Å². The zero-order chi connectivity index (χ0) is 14.6. The monoisotopic (exact) mass is 277 g/mol. The van der Waals surface area contributed by atoms with Gasteiger partial charge in [-0.25, -0.2) is 4.39 Å². The third-order valence-electron chi connectivity index (χ3n) is 4.76. The Hall–Kier alpha value is -0.890. The SMILES string of the molecule is CCNC(Cc1cccc(F)c1)C1CCC(C)(C)CC1. The van der Waals surface area contributed by atoms with E-state index in [0.29, 0.717) is 11.5 Å². The van der Waals surface area contributed by atoms with E-state index in [4.69, 9.17) is 0 Å². The van der Waals surface area contributed by atoms with Gasteiger partial charge in [-0.2, -0.15) is 0 Å². The van der Waals surface area contributed by atoms with Gasteiger partial charge in [0.05, 0.1) is 0 Å². The summed E-state index contributed by atoms with van der Waals surface area (Å²) in [4.78, 5) is 0. The van der Waals surface area contributed by atoms with Crippen LogP contribution in [0.1, 0.15) is 52.0 Å². The predicted molar refractivity (Wildman–Crippen MR) is 83.3 cm³/mol. The summed E-state index contributed by atoms with van der Waals surface area (Å²) >= 11 is 0. The molecule has 1 aliphatic rings. The molecule has 0 aliphatic heterocycles. The molecule has 0 heterocycles. The van der Waals surface area contributed by atoms with Crippen molar-refractivity contribution >= 4 is 0 Å². The third-order valence-corrected chi connectivity index (χ3v) is 4.76. The maximum absolute atomic E-state index is 13.3. The lowest BCUT2D eigenvalue weighted by molar-refractivity contribution is 0.161. The van der Waals surface area contributed by atoms with Crippen molar-refractivity contribution in [2.75, 3.05) is 6.54 Å². The van der Waals surface area contributed by atoms with Crippen molar-refractivity contribution in [2.45, 2.75) is 58.9 Å². The Morgan fingerprint density at radius 1 is 1.30 bits per heavy atom. The van der Waals surface area contributed by atoms with Crippen molar-refractivity contribution in [3.63, 3.8) is 0 Å². The second-order valence-corrected chi connectivity index (χ2v) is 7.00. The van der Waals surface area contributed by atoms with Crippen molar-refractivity contribution in [1.82, 2.24) is 5.32 Å². The highest BCUT2D eigenvalue weighted by Crippen LogP contribution is 2.39. The normalized spacial score (nSPS) is 20.8. The first-order valence-electron chi connectivity index (χ1n) is 7.98. The molecule has 1 nitrogen and oxygen atoms in total. The van der Waals surface area contributed by atoms with Crippen molar-refractivity contribution < 1.29 is 4.39 Å². The molecule has 2 rings (SSSR count). The van der Waals surface area contributed by atoms with E-state index in [9.17, 15) is 4.39 Å². The molecule has 0 saturated heterocycles. The zero-order valence-corrected chi connectivity index (χ0v) is 13.1. The minimum Gasteiger partial charge on any atom is -0.314 e. The Labute approximate surface area is 123 Å². The Morgan fingerprint density at radius 2 is 2.00 bits per heavy atom. The quantitative estimate of drug-likeness (QED) is 0.831. The maximum atomic E-state index is 13.3. The van der Waals surface area contributed by atoms with E-state index in [0.717, 1.165) is 24.4 Å². The molecule has 0 spiro atoms. The van der Waals surface area contributed by atoms with Crippen LogP contribution in [0.2, 0.25) is 0 Å². The lowest BCUT2D eigenvalue weighted by atomic mass is 9.70. The summed E-state index contributed by atoms with van der Waals surface area (Å²) in [5.41, 5.74) is 1.62. The number of hydrogen-bond donors (Lipinski definition) is 1. The van der Waals surface area contributed by atoms with Gasteiger partial charge < -0.3 is 5.32 Å². The molecule has 1 atom stereocenters. The molecular formula is C18H28FN. The number of likely N-dealkylation sites (N-methyl/N-ethyl adjacent to an activating group) is 1. The topological polar surface area (TPSA) is 12.0 Å². The van der Waals surface area contributed by atoms with Crippen LogP contribution >= 0.6 is 0 Å². The summed E-state index contributed by atoms with van der Waals surface area (Å²) in [5, 5.41) is 3.63. The van der Waals surface area contributed by atoms with E-state index in [1.807, 2.05) is 12.1 Å². The average molecular weight is 277 g/mol. The Balaban J connectivity index is 2.00. The first-order valence-corrected chi connectivity index (χ1v) is 7.98. The number of halogens is 1. The molecular weight excluding hydrogens is 249 g/mol. The number of benzene rings is 1. The summed E-state index contributed by atoms with van der Waals surface area (Å²) < 4.78 is 13.3. The highest BCUT2D eigenvalue weighted by molar-refractivity contribution is 5.17. The molecule has 2 heteroatoms. The van der Waals surface area contributed by atoms with E-state index in [-0.39, 0.29) is 5.82 Å². The minimum atomic E-state index is -0.123. The fraction of sp³-hybridized carbons (Fsp3) is 0.667. The van der Waals surface area contributed by atoms with Crippen molar-refractivity contribution in [3.05, 3.63) is 35.6 Å². The lowest BCUT2D eigenvalue weighted by Crippen LogP contribution is -2.40. The Kier molecular flexibility index (Phi) is 5.20. The number of nitrogens with one attached hydrogen (secondary N) is 1. The van der Waals surface area contributed by atoms with Gasteiger partial charge in [0, 0.05) is 6.04 Å². The third kappa shape index (κ3) is 4.31. The molecule has 1 aromatic rings. The van der Waals surface area contributed by atoms with Gasteiger partial charge >= 0.3 is 0 Å². The highest BCUT2D eigenvalue weighted by atomic mass is 19.1. The van der Waals surface area contributed by atoms with Crippen molar-refractivity contribution in [2.24, 2.45) is 11.3 Å². The van der Waals surface area contributed by atoms with Crippen molar-refractivity contribution in [3.8, 4) is 0 Å². The van der Waals surface area contributed by atoms with Crippen LogP contribution in [0.5, 0.6) is 0 Å². The molecule has 1 saturated carbocycles. The van der Waals surface area contributed by atoms with Crippen LogP contribution in [-0.2, 0) is 6.42 Å². The van der Waals surface area contributed by atoms with Crippen LogP contribution in [0.25, 0.3) is 0 Å². The first kappa shape index (κ1) is 15.5. The van der Waals surface area contributed by atoms with Crippen LogP contribution in [-0.4, -0.2) is 12.6 Å². The molecule has 1 N–H and O–H groups in total. The van der Waals surface area contributed by atoms with Gasteiger partial charge in [0.1, 0.15) is 5.82 Å². The van der Waals surface area contributed by atoms with Crippen molar-refractivity contribution in [1.29, 1.82) is 0 Å². The highest BCUT2D eigenvalue weighted by Gasteiger charge is 2.31. The summed E-state index contributed by atoms with van der Waals surface area (Å²) in [5.74, 6) is 0.605. The Bertz CT molecular complexity index is 417. The smallest absolute Gasteiger partial charge is 0.123 e. The van der Waals surface area contributed by atoms with Crippen LogP contribution in [0.3, 0.4) is 0 Å². The molecule has 0 bridgehead atoms. The average Bonchev–Trinajstić information content (AvgIpc) is 2.38. The summed E-state index contributed by atoms with van der Waals surface area (Å²) in [6.45, 7) is 7.89. The molecule has 1 unspecified atom stereocenters. The minimum absolute atomic E-state index is 0.123. The predicted octanol–water partition coefficient (Wildman–Crippen LogP) is 4.56. The number of hydrogen-bond acceptors (Lipinski definition) is 1. The number of rotatable bonds is 5. The second kappa shape index (κ2) is 6.71. The zero-order valence-electron chi connectivity index (χ0n) is 13.1. The van der Waals surface area contributed by atoms with E-state index in [1.54, 1.807) is 6.07 Å². The maximum Gasteiger partial charge on any atom is 0.123 e. The van der Waals surface area contributed by atoms with Gasteiger partial charge in [0.2, 0.25) is 0 Å². The van der Waals surface area contributed by atoms with Gasteiger partial charge in [-0.3, -0.25) is 0 Å². The summed E-state index contributed by atoms with van der Waals surface area (Å²) in [6, 6.07) is 7.54. The largest absolute Gasteiger partial charge is 0.314 e. The fourth-order valence-corrected chi connectivity index (χ4v) is 3.41. The lowest BCUT2D eigenvalue weighted by Gasteiger charge is -2.38. The standard InChI is InChI=1S/C18H28FN/c1-4-20-17(13-14-6-5-7-16(19)12-14)15-8-10-18(2,3)11-9-15/h5-7,12,15,17,20H,4,8-11,13H2,1-3H3. The van der Waals surface area contributed by atoms with Gasteiger partial charge in [0.25, 0.3) is 0 Å². The van der Waals surface area contributed by atoms with Crippen LogP contribution < -0.4 is 5.32 Å². The second-order valence-electron chi connectivity index (χ2n) is 7.00. The summed E-state index contributed by atoms with van der Waals surface area (Å²) in [7, 11) is 0. The van der Waals surface area contributed by atoms with Gasteiger partial charge in [-0.15, -0.1) is 0 Å². The van der Waals surface area contributed by atoms with Crippen LogP contribution in [0, 0.1) is 17.2 Å². The Morgan fingerprint density at radius 3 is 2.60 bits per heavy atom. The van der Waals surface area contributed by atoms with E-state index >= 15 is 0 Å². The fourth-order valence-electron chi connectivity index (χ4n) is 3.41. The molecule has 1 aliphatic carbocycles. The van der Waals surface area contributed by atoms with Gasteiger partial charge in [-0.1, -0.05) is 32.9 Å². The van der Waals surface area contributed by atoms with E-state index in [2.05, 4.69) is 26.1 Å². The van der Waals surface area contributed by atoms with Crippen LogP contribution in [0.4, 0.5) is 4.39 Å². The van der Waals surface area contributed by atoms with Crippen LogP contribution in [0.15, 0.2) is 24.3 Å². The molecule has 20 heavy (non-hydrogen) atoms. The van der Waals surface area contributed by atoms with E-state index < -0.39 is 0 Å². The molecule has 112 valence electrons. The van der Waals surface area contributed by atoms with Gasteiger partial charge in [0.15, 0.2) is 0 Å². The molecule has 0 amide bonds. The van der Waals surface area contributed by atoms with Gasteiger partial charge in [-0.05, 0) is 67.7 Å². The summed E-state index contributed by atoms with van der Waals surface area (Å²) in [6.07, 6.45) is 6.14. The molecule has 0 aromatic heterocycles. The first-order chi connectivity index (χ1) is 9.50. The molecule has 1 aromatic carbocycles.